The van der Waals surface area contributed by atoms with E-state index in [9.17, 15) is 9.59 Å². The van der Waals surface area contributed by atoms with Gasteiger partial charge in [-0.05, 0) is 25.5 Å². The topological polar surface area (TPSA) is 84.2 Å². The Labute approximate surface area is 113 Å². The van der Waals surface area contributed by atoms with Crippen molar-refractivity contribution in [1.29, 1.82) is 0 Å². The number of para-hydroxylation sites is 1. The lowest BCUT2D eigenvalue weighted by Crippen LogP contribution is -2.48. The van der Waals surface area contributed by atoms with E-state index in [0.29, 0.717) is 17.7 Å². The first-order chi connectivity index (χ1) is 8.92. The summed E-state index contributed by atoms with van der Waals surface area (Å²) in [4.78, 5) is 23.8. The molecule has 0 aliphatic heterocycles. The molecule has 0 bridgehead atoms. The Morgan fingerprint density at radius 1 is 1.32 bits per heavy atom. The van der Waals surface area contributed by atoms with Crippen LogP contribution < -0.4 is 16.4 Å². The smallest absolute Gasteiger partial charge is 0.253 e. The SMILES string of the molecule is CCCC(C)(N)C(=O)Nc1ccccc1C(=O)NC. The van der Waals surface area contributed by atoms with Gasteiger partial charge in [0.2, 0.25) is 5.91 Å². The summed E-state index contributed by atoms with van der Waals surface area (Å²) in [5.41, 5.74) is 5.92. The van der Waals surface area contributed by atoms with Crippen molar-refractivity contribution < 1.29 is 9.59 Å². The first-order valence-corrected chi connectivity index (χ1v) is 6.33. The lowest BCUT2D eigenvalue weighted by Gasteiger charge is -2.23. The van der Waals surface area contributed by atoms with E-state index < -0.39 is 5.54 Å². The molecule has 0 aromatic heterocycles. The van der Waals surface area contributed by atoms with E-state index in [1.54, 1.807) is 38.2 Å². The molecule has 0 radical (unpaired) electrons. The molecule has 1 atom stereocenters. The Kier molecular flexibility index (Phi) is 5.06. The highest BCUT2D eigenvalue weighted by Gasteiger charge is 2.28. The molecule has 4 N–H and O–H groups in total. The Morgan fingerprint density at radius 2 is 1.95 bits per heavy atom. The molecule has 0 aliphatic rings. The Morgan fingerprint density at radius 3 is 2.53 bits per heavy atom. The van der Waals surface area contributed by atoms with Gasteiger partial charge in [-0.1, -0.05) is 25.5 Å². The maximum Gasteiger partial charge on any atom is 0.253 e. The van der Waals surface area contributed by atoms with Crippen molar-refractivity contribution in [3.05, 3.63) is 29.8 Å². The number of nitrogens with one attached hydrogen (secondary N) is 2. The maximum absolute atomic E-state index is 12.1. The zero-order valence-corrected chi connectivity index (χ0v) is 11.6. The number of benzene rings is 1. The van der Waals surface area contributed by atoms with Crippen LogP contribution >= 0.6 is 0 Å². The molecule has 104 valence electrons. The summed E-state index contributed by atoms with van der Waals surface area (Å²) in [5, 5.41) is 5.26. The van der Waals surface area contributed by atoms with Gasteiger partial charge < -0.3 is 16.4 Å². The number of amides is 2. The van der Waals surface area contributed by atoms with Gasteiger partial charge in [-0.2, -0.15) is 0 Å². The molecule has 0 heterocycles. The molecule has 0 saturated heterocycles. The van der Waals surface area contributed by atoms with Gasteiger partial charge in [-0.25, -0.2) is 0 Å². The standard InChI is InChI=1S/C14H21N3O2/c1-4-9-14(2,15)13(19)17-11-8-6-5-7-10(11)12(18)16-3/h5-8H,4,9,15H2,1-3H3,(H,16,18)(H,17,19). The van der Waals surface area contributed by atoms with Crippen molar-refractivity contribution in [3.8, 4) is 0 Å². The van der Waals surface area contributed by atoms with Crippen LogP contribution in [0.5, 0.6) is 0 Å². The van der Waals surface area contributed by atoms with Crippen LogP contribution in [0.2, 0.25) is 0 Å². The second kappa shape index (κ2) is 6.33. The molecule has 2 amide bonds. The first kappa shape index (κ1) is 15.2. The minimum atomic E-state index is -0.940. The highest BCUT2D eigenvalue weighted by atomic mass is 16.2. The van der Waals surface area contributed by atoms with Gasteiger partial charge in [0.1, 0.15) is 0 Å². The minimum Gasteiger partial charge on any atom is -0.355 e. The van der Waals surface area contributed by atoms with Crippen LogP contribution in [0, 0.1) is 0 Å². The van der Waals surface area contributed by atoms with Crippen molar-refractivity contribution in [2.24, 2.45) is 5.73 Å². The molecular formula is C14H21N3O2. The Hall–Kier alpha value is -1.88. The van der Waals surface area contributed by atoms with Crippen molar-refractivity contribution >= 4 is 17.5 Å². The summed E-state index contributed by atoms with van der Waals surface area (Å²) in [6.07, 6.45) is 1.40. The summed E-state index contributed by atoms with van der Waals surface area (Å²) in [7, 11) is 1.55. The molecule has 1 aromatic carbocycles. The van der Waals surface area contributed by atoms with Crippen LogP contribution in [-0.2, 0) is 4.79 Å². The molecule has 19 heavy (non-hydrogen) atoms. The summed E-state index contributed by atoms with van der Waals surface area (Å²) >= 11 is 0. The zero-order valence-electron chi connectivity index (χ0n) is 11.6. The van der Waals surface area contributed by atoms with E-state index in [1.807, 2.05) is 6.92 Å². The van der Waals surface area contributed by atoms with Crippen molar-refractivity contribution in [1.82, 2.24) is 5.32 Å². The van der Waals surface area contributed by atoms with Gasteiger partial charge in [0.25, 0.3) is 5.91 Å². The van der Waals surface area contributed by atoms with E-state index >= 15 is 0 Å². The molecule has 5 nitrogen and oxygen atoms in total. The van der Waals surface area contributed by atoms with E-state index in [-0.39, 0.29) is 11.8 Å². The molecule has 0 fully saturated rings. The highest BCUT2D eigenvalue weighted by molar-refractivity contribution is 6.05. The second-order valence-corrected chi connectivity index (χ2v) is 4.75. The van der Waals surface area contributed by atoms with Crippen LogP contribution in [0.25, 0.3) is 0 Å². The Bertz CT molecular complexity index is 470. The van der Waals surface area contributed by atoms with Crippen LogP contribution in [0.15, 0.2) is 24.3 Å². The predicted molar refractivity (Wildman–Crippen MR) is 76.0 cm³/mol. The lowest BCUT2D eigenvalue weighted by atomic mass is 9.96. The molecule has 0 spiro atoms. The fourth-order valence-electron chi connectivity index (χ4n) is 1.82. The highest BCUT2D eigenvalue weighted by Crippen LogP contribution is 2.18. The summed E-state index contributed by atoms with van der Waals surface area (Å²) in [6.45, 7) is 3.66. The minimum absolute atomic E-state index is 0.245. The third-order valence-corrected chi connectivity index (χ3v) is 2.94. The van der Waals surface area contributed by atoms with Gasteiger partial charge >= 0.3 is 0 Å². The van der Waals surface area contributed by atoms with Crippen LogP contribution in [-0.4, -0.2) is 24.4 Å². The summed E-state index contributed by atoms with van der Waals surface area (Å²) in [6, 6.07) is 6.84. The van der Waals surface area contributed by atoms with Gasteiger partial charge in [0.15, 0.2) is 0 Å². The number of anilines is 1. The number of carbonyl (C=O) groups excluding carboxylic acids is 2. The zero-order chi connectivity index (χ0) is 14.5. The predicted octanol–water partition coefficient (Wildman–Crippen LogP) is 1.50. The molecule has 0 saturated carbocycles. The normalized spacial score (nSPS) is 13.5. The number of nitrogens with two attached hydrogens (primary N) is 1. The summed E-state index contributed by atoms with van der Waals surface area (Å²) in [5.74, 6) is -0.532. The number of hydrogen-bond acceptors (Lipinski definition) is 3. The fraction of sp³-hybridized carbons (Fsp3) is 0.429. The van der Waals surface area contributed by atoms with E-state index in [1.165, 1.54) is 0 Å². The van der Waals surface area contributed by atoms with Crippen molar-refractivity contribution in [2.45, 2.75) is 32.2 Å². The first-order valence-electron chi connectivity index (χ1n) is 6.33. The lowest BCUT2D eigenvalue weighted by molar-refractivity contribution is -0.120. The molecule has 5 heteroatoms. The molecule has 0 aliphatic carbocycles. The van der Waals surface area contributed by atoms with Crippen LogP contribution in [0.3, 0.4) is 0 Å². The number of rotatable bonds is 5. The summed E-state index contributed by atoms with van der Waals surface area (Å²) < 4.78 is 0. The third-order valence-electron chi connectivity index (χ3n) is 2.94. The van der Waals surface area contributed by atoms with E-state index in [0.717, 1.165) is 6.42 Å². The average Bonchev–Trinajstić information content (AvgIpc) is 2.38. The molecule has 1 aromatic rings. The van der Waals surface area contributed by atoms with Gasteiger partial charge in [-0.15, -0.1) is 0 Å². The molecule has 1 rings (SSSR count). The second-order valence-electron chi connectivity index (χ2n) is 4.75. The largest absolute Gasteiger partial charge is 0.355 e. The van der Waals surface area contributed by atoms with Gasteiger partial charge in [0.05, 0.1) is 16.8 Å². The van der Waals surface area contributed by atoms with Crippen molar-refractivity contribution in [2.75, 3.05) is 12.4 Å². The Balaban J connectivity index is 2.94. The van der Waals surface area contributed by atoms with Gasteiger partial charge in [-0.3, -0.25) is 9.59 Å². The molecular weight excluding hydrogens is 242 g/mol. The number of hydrogen-bond donors (Lipinski definition) is 3. The fourth-order valence-corrected chi connectivity index (χ4v) is 1.82. The van der Waals surface area contributed by atoms with E-state index in [2.05, 4.69) is 10.6 Å². The van der Waals surface area contributed by atoms with Gasteiger partial charge in [0, 0.05) is 7.05 Å². The quantitative estimate of drug-likeness (QED) is 0.752. The molecule has 1 unspecified atom stereocenters. The average molecular weight is 263 g/mol. The maximum atomic E-state index is 12.1. The van der Waals surface area contributed by atoms with E-state index in [4.69, 9.17) is 5.73 Å². The monoisotopic (exact) mass is 263 g/mol. The van der Waals surface area contributed by atoms with Crippen LogP contribution in [0.1, 0.15) is 37.0 Å². The number of carbonyl (C=O) groups is 2. The van der Waals surface area contributed by atoms with Crippen molar-refractivity contribution in [3.63, 3.8) is 0 Å². The van der Waals surface area contributed by atoms with Crippen LogP contribution in [0.4, 0.5) is 5.69 Å². The third kappa shape index (κ3) is 3.79.